The van der Waals surface area contributed by atoms with Crippen LogP contribution >= 0.6 is 23.4 Å². The second kappa shape index (κ2) is 4.84. The Morgan fingerprint density at radius 3 is 2.81 bits per heavy atom. The zero-order valence-electron chi connectivity index (χ0n) is 9.01. The summed E-state index contributed by atoms with van der Waals surface area (Å²) in [6, 6.07) is 5.61. The molecule has 0 aromatic carbocycles. The molecule has 0 radical (unpaired) electrons. The number of pyridine rings is 1. The van der Waals surface area contributed by atoms with Gasteiger partial charge in [-0.3, -0.25) is 0 Å². The van der Waals surface area contributed by atoms with Gasteiger partial charge in [-0.1, -0.05) is 29.4 Å². The lowest BCUT2D eigenvalue weighted by atomic mass is 10.4. The van der Waals surface area contributed by atoms with Crippen molar-refractivity contribution < 1.29 is 0 Å². The van der Waals surface area contributed by atoms with Gasteiger partial charge in [0.05, 0.1) is 5.69 Å². The third kappa shape index (κ3) is 2.54. The zero-order valence-corrected chi connectivity index (χ0v) is 10.6. The molecule has 2 heterocycles. The van der Waals surface area contributed by atoms with Crippen molar-refractivity contribution in [2.45, 2.75) is 17.8 Å². The highest BCUT2D eigenvalue weighted by molar-refractivity contribution is 7.98. The van der Waals surface area contributed by atoms with Crippen molar-refractivity contribution in [3.63, 3.8) is 0 Å². The third-order valence-corrected chi connectivity index (χ3v) is 3.44. The van der Waals surface area contributed by atoms with Gasteiger partial charge in [-0.25, -0.2) is 4.98 Å². The molecule has 0 unspecified atom stereocenters. The minimum atomic E-state index is 0.521. The van der Waals surface area contributed by atoms with Gasteiger partial charge < -0.3 is 4.57 Å². The molecule has 0 saturated heterocycles. The Morgan fingerprint density at radius 2 is 2.19 bits per heavy atom. The summed E-state index contributed by atoms with van der Waals surface area (Å²) in [6.45, 7) is 1.93. The molecular weight excluding hydrogens is 244 g/mol. The van der Waals surface area contributed by atoms with Crippen LogP contribution in [0.25, 0.3) is 0 Å². The van der Waals surface area contributed by atoms with Crippen molar-refractivity contribution in [3.05, 3.63) is 34.9 Å². The Hall–Kier alpha value is -1.07. The fourth-order valence-corrected chi connectivity index (χ4v) is 2.23. The summed E-state index contributed by atoms with van der Waals surface area (Å²) >= 11 is 7.41. The number of hydrogen-bond donors (Lipinski definition) is 0. The van der Waals surface area contributed by atoms with E-state index in [4.69, 9.17) is 11.6 Å². The van der Waals surface area contributed by atoms with Crippen LogP contribution in [-0.4, -0.2) is 19.7 Å². The van der Waals surface area contributed by atoms with Gasteiger partial charge in [0, 0.05) is 12.8 Å². The average Bonchev–Trinajstić information content (AvgIpc) is 2.57. The van der Waals surface area contributed by atoms with Crippen LogP contribution in [0.2, 0.25) is 5.15 Å². The molecule has 0 amide bonds. The van der Waals surface area contributed by atoms with Crippen molar-refractivity contribution in [2.24, 2.45) is 7.05 Å². The first-order chi connectivity index (χ1) is 7.66. The molecule has 0 fully saturated rings. The first-order valence-electron chi connectivity index (χ1n) is 4.77. The van der Waals surface area contributed by atoms with Gasteiger partial charge in [-0.05, 0) is 19.1 Å². The molecule has 16 heavy (non-hydrogen) atoms. The quantitative estimate of drug-likeness (QED) is 0.623. The topological polar surface area (TPSA) is 43.6 Å². The summed E-state index contributed by atoms with van der Waals surface area (Å²) in [5, 5.41) is 9.47. The van der Waals surface area contributed by atoms with Gasteiger partial charge in [0.1, 0.15) is 11.0 Å². The summed E-state index contributed by atoms with van der Waals surface area (Å²) in [7, 11) is 1.95. The van der Waals surface area contributed by atoms with Crippen LogP contribution < -0.4 is 0 Å². The van der Waals surface area contributed by atoms with Crippen molar-refractivity contribution >= 4 is 23.4 Å². The van der Waals surface area contributed by atoms with Crippen molar-refractivity contribution in [1.29, 1.82) is 0 Å². The molecule has 0 aliphatic rings. The number of aromatic nitrogens is 4. The maximum absolute atomic E-state index is 5.81. The van der Waals surface area contributed by atoms with Crippen LogP contribution in [-0.2, 0) is 12.8 Å². The van der Waals surface area contributed by atoms with E-state index in [0.29, 0.717) is 5.15 Å². The van der Waals surface area contributed by atoms with Crippen LogP contribution in [0.15, 0.2) is 23.4 Å². The molecule has 0 N–H and O–H groups in total. The molecule has 0 aliphatic carbocycles. The molecule has 0 aliphatic heterocycles. The normalized spacial score (nSPS) is 10.7. The van der Waals surface area contributed by atoms with Gasteiger partial charge in [0.25, 0.3) is 0 Å². The number of halogens is 1. The molecule has 0 spiro atoms. The first-order valence-corrected chi connectivity index (χ1v) is 6.13. The van der Waals surface area contributed by atoms with Crippen molar-refractivity contribution in [1.82, 2.24) is 19.7 Å². The minimum absolute atomic E-state index is 0.521. The fraction of sp³-hybridized carbons (Fsp3) is 0.300. The van der Waals surface area contributed by atoms with E-state index in [-0.39, 0.29) is 0 Å². The molecule has 2 rings (SSSR count). The summed E-state index contributed by atoms with van der Waals surface area (Å²) < 4.78 is 1.95. The highest BCUT2D eigenvalue weighted by Gasteiger charge is 2.06. The third-order valence-electron chi connectivity index (χ3n) is 2.17. The van der Waals surface area contributed by atoms with E-state index in [2.05, 4.69) is 15.2 Å². The van der Waals surface area contributed by atoms with Gasteiger partial charge in [-0.15, -0.1) is 10.2 Å². The van der Waals surface area contributed by atoms with Gasteiger partial charge in [0.15, 0.2) is 5.16 Å². The fourth-order valence-electron chi connectivity index (χ4n) is 1.18. The number of hydrogen-bond acceptors (Lipinski definition) is 4. The summed E-state index contributed by atoms with van der Waals surface area (Å²) in [6.07, 6.45) is 0. The monoisotopic (exact) mass is 254 g/mol. The molecule has 0 atom stereocenters. The number of nitrogens with zero attached hydrogens (tertiary/aromatic N) is 4. The smallest absolute Gasteiger partial charge is 0.191 e. The maximum atomic E-state index is 5.81. The van der Waals surface area contributed by atoms with Crippen molar-refractivity contribution in [3.8, 4) is 0 Å². The Bertz CT molecular complexity index is 497. The second-order valence-electron chi connectivity index (χ2n) is 3.33. The lowest BCUT2D eigenvalue weighted by Crippen LogP contribution is -1.94. The van der Waals surface area contributed by atoms with E-state index in [1.54, 1.807) is 17.8 Å². The van der Waals surface area contributed by atoms with Gasteiger partial charge in [0.2, 0.25) is 0 Å². The zero-order chi connectivity index (χ0) is 11.5. The Labute approximate surface area is 103 Å². The van der Waals surface area contributed by atoms with E-state index >= 15 is 0 Å². The molecule has 6 heteroatoms. The predicted octanol–water partition coefficient (Wildman–Crippen LogP) is 2.46. The SMILES string of the molecule is Cc1nnc(SCc2cccc(Cl)n2)n1C. The standard InChI is InChI=1S/C10H11ClN4S/c1-7-13-14-10(15(7)2)16-6-8-4-3-5-9(11)12-8/h3-5H,6H2,1-2H3. The van der Waals surface area contributed by atoms with Crippen LogP contribution in [0.4, 0.5) is 0 Å². The molecule has 0 saturated carbocycles. The van der Waals surface area contributed by atoms with Crippen molar-refractivity contribution in [2.75, 3.05) is 0 Å². The Kier molecular flexibility index (Phi) is 3.46. The average molecular weight is 255 g/mol. The molecule has 0 bridgehead atoms. The lowest BCUT2D eigenvalue weighted by Gasteiger charge is -2.01. The largest absolute Gasteiger partial charge is 0.309 e. The molecule has 84 valence electrons. The van der Waals surface area contributed by atoms with E-state index in [1.807, 2.05) is 30.7 Å². The molecule has 2 aromatic rings. The van der Waals surface area contributed by atoms with E-state index < -0.39 is 0 Å². The van der Waals surface area contributed by atoms with Crippen LogP contribution in [0, 0.1) is 6.92 Å². The number of rotatable bonds is 3. The van der Waals surface area contributed by atoms with Crippen LogP contribution in [0.1, 0.15) is 11.5 Å². The van der Waals surface area contributed by atoms with E-state index in [9.17, 15) is 0 Å². The molecular formula is C10H11ClN4S. The molecule has 2 aromatic heterocycles. The predicted molar refractivity (Wildman–Crippen MR) is 64.5 cm³/mol. The summed E-state index contributed by atoms with van der Waals surface area (Å²) in [5.41, 5.74) is 0.943. The summed E-state index contributed by atoms with van der Waals surface area (Å²) in [4.78, 5) is 4.21. The number of thioether (sulfide) groups is 1. The maximum Gasteiger partial charge on any atom is 0.191 e. The Balaban J connectivity index is 2.05. The highest BCUT2D eigenvalue weighted by Crippen LogP contribution is 2.20. The van der Waals surface area contributed by atoms with E-state index in [1.165, 1.54) is 0 Å². The first kappa shape index (κ1) is 11.4. The van der Waals surface area contributed by atoms with E-state index in [0.717, 1.165) is 22.4 Å². The van der Waals surface area contributed by atoms with Gasteiger partial charge >= 0.3 is 0 Å². The highest BCUT2D eigenvalue weighted by atomic mass is 35.5. The molecule has 4 nitrogen and oxygen atoms in total. The minimum Gasteiger partial charge on any atom is -0.309 e. The van der Waals surface area contributed by atoms with Crippen LogP contribution in [0.3, 0.4) is 0 Å². The van der Waals surface area contributed by atoms with Crippen LogP contribution in [0.5, 0.6) is 0 Å². The van der Waals surface area contributed by atoms with Gasteiger partial charge in [-0.2, -0.15) is 0 Å². The number of aryl methyl sites for hydroxylation is 1. The second-order valence-corrected chi connectivity index (χ2v) is 4.66. The Morgan fingerprint density at radius 1 is 1.38 bits per heavy atom. The summed E-state index contributed by atoms with van der Waals surface area (Å²) in [5.74, 6) is 1.65. The lowest BCUT2D eigenvalue weighted by molar-refractivity contribution is 0.765.